The third-order valence-electron chi connectivity index (χ3n) is 3.94. The smallest absolute Gasteiger partial charge is 0.248 e. The number of likely N-dealkylation sites (N-methyl/N-ethyl adjacent to an activating group) is 1. The van der Waals surface area contributed by atoms with Gasteiger partial charge < -0.3 is 10.6 Å². The summed E-state index contributed by atoms with van der Waals surface area (Å²) >= 11 is 0. The molecule has 2 N–H and O–H groups in total. The van der Waals surface area contributed by atoms with Crippen LogP contribution >= 0.6 is 0 Å². The van der Waals surface area contributed by atoms with Crippen molar-refractivity contribution in [1.82, 2.24) is 5.32 Å². The first-order valence-corrected chi connectivity index (χ1v) is 8.37. The normalized spacial score (nSPS) is 10.9. The van der Waals surface area contributed by atoms with E-state index in [1.54, 1.807) is 19.2 Å². The number of benzene rings is 2. The second-order valence-electron chi connectivity index (χ2n) is 6.15. The second-order valence-corrected chi connectivity index (χ2v) is 6.15. The van der Waals surface area contributed by atoms with Gasteiger partial charge in [-0.25, -0.2) is 0 Å². The van der Waals surface area contributed by atoms with E-state index in [0.29, 0.717) is 11.6 Å². The summed E-state index contributed by atoms with van der Waals surface area (Å²) in [4.78, 5) is 23.7. The first-order chi connectivity index (χ1) is 12.0. The summed E-state index contributed by atoms with van der Waals surface area (Å²) in [6.45, 7) is 4.29. The Bertz CT molecular complexity index is 762. The Morgan fingerprint density at radius 1 is 1.04 bits per heavy atom. The standard InChI is InChI=1S/C21H24N2O2/c1-15(2)17-11-8-16(9-12-17)10-13-20(24)23-19-7-5-4-6-18(19)14-21(25)22-3/h4-13,15H,14H2,1-3H3,(H,22,25)(H,23,24)/b13-10+. The summed E-state index contributed by atoms with van der Waals surface area (Å²) in [5.41, 5.74) is 3.67. The van der Waals surface area contributed by atoms with Gasteiger partial charge in [-0.1, -0.05) is 56.3 Å². The van der Waals surface area contributed by atoms with Crippen LogP contribution < -0.4 is 10.6 Å². The molecule has 0 atom stereocenters. The van der Waals surface area contributed by atoms with Crippen LogP contribution in [0.5, 0.6) is 0 Å². The molecule has 0 radical (unpaired) electrons. The van der Waals surface area contributed by atoms with Gasteiger partial charge >= 0.3 is 0 Å². The Labute approximate surface area is 149 Å². The highest BCUT2D eigenvalue weighted by Gasteiger charge is 2.08. The zero-order chi connectivity index (χ0) is 18.2. The molecular formula is C21H24N2O2. The lowest BCUT2D eigenvalue weighted by molar-refractivity contribution is -0.120. The van der Waals surface area contributed by atoms with E-state index in [-0.39, 0.29) is 18.2 Å². The van der Waals surface area contributed by atoms with Crippen molar-refractivity contribution >= 4 is 23.6 Å². The Morgan fingerprint density at radius 3 is 2.36 bits per heavy atom. The van der Waals surface area contributed by atoms with Gasteiger partial charge in [-0.05, 0) is 34.8 Å². The lowest BCUT2D eigenvalue weighted by atomic mass is 10.0. The number of carbonyl (C=O) groups is 2. The van der Waals surface area contributed by atoms with Gasteiger partial charge in [0.15, 0.2) is 0 Å². The molecule has 2 amide bonds. The number of hydrogen-bond acceptors (Lipinski definition) is 2. The molecule has 0 heterocycles. The van der Waals surface area contributed by atoms with E-state index in [0.717, 1.165) is 11.1 Å². The average molecular weight is 336 g/mol. The van der Waals surface area contributed by atoms with Crippen LogP contribution in [0.4, 0.5) is 5.69 Å². The molecular weight excluding hydrogens is 312 g/mol. The van der Waals surface area contributed by atoms with Crippen LogP contribution in [-0.2, 0) is 16.0 Å². The van der Waals surface area contributed by atoms with Crippen molar-refractivity contribution < 1.29 is 9.59 Å². The molecule has 0 saturated carbocycles. The van der Waals surface area contributed by atoms with E-state index in [9.17, 15) is 9.59 Å². The lowest BCUT2D eigenvalue weighted by Crippen LogP contribution is -2.21. The van der Waals surface area contributed by atoms with E-state index in [1.807, 2.05) is 30.3 Å². The highest BCUT2D eigenvalue weighted by atomic mass is 16.2. The summed E-state index contributed by atoms with van der Waals surface area (Å²) in [5.74, 6) is 0.165. The molecule has 4 nitrogen and oxygen atoms in total. The number of para-hydroxylation sites is 1. The van der Waals surface area contributed by atoms with Gasteiger partial charge in [0.2, 0.25) is 11.8 Å². The van der Waals surface area contributed by atoms with Crippen LogP contribution in [-0.4, -0.2) is 18.9 Å². The molecule has 130 valence electrons. The molecule has 0 saturated heterocycles. The van der Waals surface area contributed by atoms with E-state index < -0.39 is 0 Å². The summed E-state index contributed by atoms with van der Waals surface area (Å²) in [6, 6.07) is 15.4. The molecule has 2 aromatic carbocycles. The molecule has 2 aromatic rings. The van der Waals surface area contributed by atoms with Crippen LogP contribution in [0, 0.1) is 0 Å². The fourth-order valence-electron chi connectivity index (χ4n) is 2.40. The van der Waals surface area contributed by atoms with E-state index in [2.05, 4.69) is 36.6 Å². The van der Waals surface area contributed by atoms with Gasteiger partial charge in [-0.3, -0.25) is 9.59 Å². The first-order valence-electron chi connectivity index (χ1n) is 8.37. The molecule has 0 aromatic heterocycles. The molecule has 2 rings (SSSR count). The molecule has 0 bridgehead atoms. The monoisotopic (exact) mass is 336 g/mol. The molecule has 0 aliphatic carbocycles. The highest BCUT2D eigenvalue weighted by molar-refractivity contribution is 6.02. The number of nitrogens with one attached hydrogen (secondary N) is 2. The third kappa shape index (κ3) is 5.60. The molecule has 0 unspecified atom stereocenters. The Morgan fingerprint density at radius 2 is 1.72 bits per heavy atom. The maximum atomic E-state index is 12.2. The summed E-state index contributed by atoms with van der Waals surface area (Å²) in [5, 5.41) is 5.42. The minimum Gasteiger partial charge on any atom is -0.359 e. The molecule has 4 heteroatoms. The van der Waals surface area contributed by atoms with E-state index in [4.69, 9.17) is 0 Å². The highest BCUT2D eigenvalue weighted by Crippen LogP contribution is 2.17. The zero-order valence-corrected chi connectivity index (χ0v) is 14.9. The van der Waals surface area contributed by atoms with Gasteiger partial charge in [0.05, 0.1) is 6.42 Å². The molecule has 0 aliphatic rings. The lowest BCUT2D eigenvalue weighted by Gasteiger charge is -2.09. The predicted molar refractivity (Wildman–Crippen MR) is 102 cm³/mol. The summed E-state index contributed by atoms with van der Waals surface area (Å²) in [6.07, 6.45) is 3.51. The molecule has 0 fully saturated rings. The van der Waals surface area contributed by atoms with Gasteiger partial charge in [0.25, 0.3) is 0 Å². The van der Waals surface area contributed by atoms with Crippen molar-refractivity contribution in [3.63, 3.8) is 0 Å². The number of amides is 2. The maximum absolute atomic E-state index is 12.2. The number of hydrogen-bond donors (Lipinski definition) is 2. The first kappa shape index (κ1) is 18.5. The summed E-state index contributed by atoms with van der Waals surface area (Å²) in [7, 11) is 1.59. The minimum atomic E-state index is -0.225. The van der Waals surface area contributed by atoms with Crippen LogP contribution in [0.1, 0.15) is 36.5 Å². The van der Waals surface area contributed by atoms with Crippen LogP contribution in [0.2, 0.25) is 0 Å². The number of anilines is 1. The molecule has 0 spiro atoms. The van der Waals surface area contributed by atoms with Crippen molar-refractivity contribution in [3.8, 4) is 0 Å². The van der Waals surface area contributed by atoms with Crippen molar-refractivity contribution in [3.05, 3.63) is 71.3 Å². The van der Waals surface area contributed by atoms with Gasteiger partial charge in [0.1, 0.15) is 0 Å². The molecule has 0 aliphatic heterocycles. The van der Waals surface area contributed by atoms with Gasteiger partial charge in [-0.2, -0.15) is 0 Å². The molecule has 25 heavy (non-hydrogen) atoms. The van der Waals surface area contributed by atoms with Gasteiger partial charge in [-0.15, -0.1) is 0 Å². The zero-order valence-electron chi connectivity index (χ0n) is 14.9. The van der Waals surface area contributed by atoms with Crippen molar-refractivity contribution in [2.45, 2.75) is 26.2 Å². The van der Waals surface area contributed by atoms with Crippen molar-refractivity contribution in [2.75, 3.05) is 12.4 Å². The number of carbonyl (C=O) groups excluding carboxylic acids is 2. The number of rotatable bonds is 6. The topological polar surface area (TPSA) is 58.2 Å². The van der Waals surface area contributed by atoms with Crippen LogP contribution in [0.3, 0.4) is 0 Å². The van der Waals surface area contributed by atoms with Gasteiger partial charge in [0, 0.05) is 18.8 Å². The summed E-state index contributed by atoms with van der Waals surface area (Å²) < 4.78 is 0. The fourth-order valence-corrected chi connectivity index (χ4v) is 2.40. The van der Waals surface area contributed by atoms with Crippen molar-refractivity contribution in [1.29, 1.82) is 0 Å². The van der Waals surface area contributed by atoms with Crippen molar-refractivity contribution in [2.24, 2.45) is 0 Å². The van der Waals surface area contributed by atoms with Crippen LogP contribution in [0.25, 0.3) is 6.08 Å². The van der Waals surface area contributed by atoms with Crippen LogP contribution in [0.15, 0.2) is 54.6 Å². The third-order valence-corrected chi connectivity index (χ3v) is 3.94. The quantitative estimate of drug-likeness (QED) is 0.789. The average Bonchev–Trinajstić information content (AvgIpc) is 2.61. The van der Waals surface area contributed by atoms with E-state index in [1.165, 1.54) is 11.6 Å². The Hall–Kier alpha value is -2.88. The maximum Gasteiger partial charge on any atom is 0.248 e. The Kier molecular flexibility index (Phi) is 6.52. The SMILES string of the molecule is CNC(=O)Cc1ccccc1NC(=O)/C=C/c1ccc(C(C)C)cc1. The predicted octanol–water partition coefficient (Wildman–Crippen LogP) is 3.75. The second kappa shape index (κ2) is 8.83. The van der Waals surface area contributed by atoms with E-state index >= 15 is 0 Å². The fraction of sp³-hybridized carbons (Fsp3) is 0.238. The Balaban J connectivity index is 2.03. The largest absolute Gasteiger partial charge is 0.359 e. The minimum absolute atomic E-state index is 0.0949.